The fourth-order valence-corrected chi connectivity index (χ4v) is 2.38. The van der Waals surface area contributed by atoms with Crippen molar-refractivity contribution in [1.82, 2.24) is 0 Å². The fourth-order valence-electron chi connectivity index (χ4n) is 1.42. The summed E-state index contributed by atoms with van der Waals surface area (Å²) >= 11 is 1.62. The predicted octanol–water partition coefficient (Wildman–Crippen LogP) is 2.40. The zero-order chi connectivity index (χ0) is 12.8. The van der Waals surface area contributed by atoms with Crippen molar-refractivity contribution < 1.29 is 14.6 Å². The SMILES string of the molecule is COCCCSc1cc(C)c(N)c(C(=O)O)c1. The van der Waals surface area contributed by atoms with E-state index in [1.165, 1.54) is 0 Å². The molecule has 0 aliphatic rings. The lowest BCUT2D eigenvalue weighted by Crippen LogP contribution is -2.04. The number of anilines is 1. The largest absolute Gasteiger partial charge is 0.478 e. The van der Waals surface area contributed by atoms with E-state index in [2.05, 4.69) is 0 Å². The number of thioether (sulfide) groups is 1. The summed E-state index contributed by atoms with van der Waals surface area (Å²) in [5.41, 5.74) is 7.05. The number of methoxy groups -OCH3 is 1. The molecule has 0 fully saturated rings. The van der Waals surface area contributed by atoms with Crippen LogP contribution in [0.3, 0.4) is 0 Å². The summed E-state index contributed by atoms with van der Waals surface area (Å²) < 4.78 is 4.96. The van der Waals surface area contributed by atoms with Crippen LogP contribution in [0, 0.1) is 6.92 Å². The Morgan fingerprint density at radius 2 is 2.24 bits per heavy atom. The highest BCUT2D eigenvalue weighted by molar-refractivity contribution is 7.99. The van der Waals surface area contributed by atoms with Crippen LogP contribution in [0.4, 0.5) is 5.69 Å². The number of carboxylic acids is 1. The van der Waals surface area contributed by atoms with Gasteiger partial charge in [0.05, 0.1) is 5.56 Å². The third-order valence-electron chi connectivity index (χ3n) is 2.35. The molecule has 4 nitrogen and oxygen atoms in total. The number of rotatable bonds is 6. The molecule has 94 valence electrons. The van der Waals surface area contributed by atoms with E-state index in [0.29, 0.717) is 12.3 Å². The molecule has 0 atom stereocenters. The van der Waals surface area contributed by atoms with E-state index < -0.39 is 5.97 Å². The topological polar surface area (TPSA) is 72.5 Å². The first-order valence-corrected chi connectivity index (χ1v) is 6.30. The Hall–Kier alpha value is -1.20. The van der Waals surface area contributed by atoms with Gasteiger partial charge in [-0.25, -0.2) is 4.79 Å². The van der Waals surface area contributed by atoms with Crippen molar-refractivity contribution in [2.45, 2.75) is 18.2 Å². The molecule has 0 saturated carbocycles. The van der Waals surface area contributed by atoms with Crippen LogP contribution in [-0.2, 0) is 4.74 Å². The summed E-state index contributed by atoms with van der Waals surface area (Å²) in [6.45, 7) is 2.54. The number of carbonyl (C=O) groups is 1. The molecular formula is C12H17NO3S. The molecule has 0 heterocycles. The van der Waals surface area contributed by atoms with E-state index >= 15 is 0 Å². The summed E-state index contributed by atoms with van der Waals surface area (Å²) in [4.78, 5) is 11.9. The van der Waals surface area contributed by atoms with Gasteiger partial charge in [-0.05, 0) is 31.0 Å². The molecule has 3 N–H and O–H groups in total. The van der Waals surface area contributed by atoms with E-state index in [1.54, 1.807) is 24.9 Å². The second kappa shape index (κ2) is 6.51. The number of benzene rings is 1. The van der Waals surface area contributed by atoms with Gasteiger partial charge in [-0.1, -0.05) is 0 Å². The molecule has 0 aliphatic heterocycles. The maximum atomic E-state index is 11.0. The lowest BCUT2D eigenvalue weighted by Gasteiger charge is -2.08. The fraction of sp³-hybridized carbons (Fsp3) is 0.417. The summed E-state index contributed by atoms with van der Waals surface area (Å²) in [5, 5.41) is 9.01. The van der Waals surface area contributed by atoms with Gasteiger partial charge in [0.25, 0.3) is 0 Å². The van der Waals surface area contributed by atoms with E-state index in [-0.39, 0.29) is 5.56 Å². The normalized spacial score (nSPS) is 10.5. The van der Waals surface area contributed by atoms with Crippen molar-refractivity contribution in [3.05, 3.63) is 23.3 Å². The lowest BCUT2D eigenvalue weighted by atomic mass is 10.1. The van der Waals surface area contributed by atoms with Gasteiger partial charge in [-0.3, -0.25) is 0 Å². The van der Waals surface area contributed by atoms with Gasteiger partial charge in [0.1, 0.15) is 0 Å². The van der Waals surface area contributed by atoms with Gasteiger partial charge in [0.2, 0.25) is 0 Å². The number of nitrogen functional groups attached to an aromatic ring is 1. The minimum absolute atomic E-state index is 0.180. The van der Waals surface area contributed by atoms with E-state index in [9.17, 15) is 4.79 Å². The third kappa shape index (κ3) is 3.94. The van der Waals surface area contributed by atoms with Crippen molar-refractivity contribution in [1.29, 1.82) is 0 Å². The monoisotopic (exact) mass is 255 g/mol. The average molecular weight is 255 g/mol. The van der Waals surface area contributed by atoms with Crippen molar-refractivity contribution in [2.24, 2.45) is 0 Å². The van der Waals surface area contributed by atoms with Crippen LogP contribution >= 0.6 is 11.8 Å². The molecule has 0 aliphatic carbocycles. The zero-order valence-electron chi connectivity index (χ0n) is 10.0. The molecule has 0 bridgehead atoms. The maximum absolute atomic E-state index is 11.0. The van der Waals surface area contributed by atoms with Gasteiger partial charge in [0, 0.05) is 30.1 Å². The van der Waals surface area contributed by atoms with Gasteiger partial charge in [-0.2, -0.15) is 0 Å². The van der Waals surface area contributed by atoms with Crippen molar-refractivity contribution in [3.63, 3.8) is 0 Å². The second-order valence-electron chi connectivity index (χ2n) is 3.70. The quantitative estimate of drug-likeness (QED) is 0.464. The highest BCUT2D eigenvalue weighted by Crippen LogP contribution is 2.26. The molecule has 0 saturated heterocycles. The number of ether oxygens (including phenoxy) is 1. The Balaban J connectivity index is 2.77. The zero-order valence-corrected chi connectivity index (χ0v) is 10.8. The van der Waals surface area contributed by atoms with Crippen molar-refractivity contribution in [2.75, 3.05) is 25.2 Å². The van der Waals surface area contributed by atoms with Crippen LogP contribution in [-0.4, -0.2) is 30.5 Å². The van der Waals surface area contributed by atoms with E-state index in [4.69, 9.17) is 15.6 Å². The molecule has 0 amide bonds. The Morgan fingerprint density at radius 3 is 2.82 bits per heavy atom. The predicted molar refractivity (Wildman–Crippen MR) is 69.8 cm³/mol. The summed E-state index contributed by atoms with van der Waals surface area (Å²) in [6, 6.07) is 3.54. The minimum Gasteiger partial charge on any atom is -0.478 e. The van der Waals surface area contributed by atoms with Gasteiger partial charge in [-0.15, -0.1) is 11.8 Å². The number of aromatic carboxylic acids is 1. The van der Waals surface area contributed by atoms with Gasteiger partial charge >= 0.3 is 5.97 Å². The molecule has 5 heteroatoms. The Bertz CT molecular complexity index is 407. The molecule has 1 rings (SSSR count). The minimum atomic E-state index is -0.982. The number of aryl methyl sites for hydroxylation is 1. The maximum Gasteiger partial charge on any atom is 0.337 e. The highest BCUT2D eigenvalue weighted by Gasteiger charge is 2.11. The number of hydrogen-bond acceptors (Lipinski definition) is 4. The first-order valence-electron chi connectivity index (χ1n) is 5.31. The lowest BCUT2D eigenvalue weighted by molar-refractivity contribution is 0.0697. The Kier molecular flexibility index (Phi) is 5.31. The first kappa shape index (κ1) is 13.9. The summed E-state index contributed by atoms with van der Waals surface area (Å²) in [7, 11) is 1.67. The molecular weight excluding hydrogens is 238 g/mol. The van der Waals surface area contributed by atoms with Gasteiger partial charge in [0.15, 0.2) is 0 Å². The smallest absolute Gasteiger partial charge is 0.337 e. The number of hydrogen-bond donors (Lipinski definition) is 2. The van der Waals surface area contributed by atoms with Gasteiger partial charge < -0.3 is 15.6 Å². The first-order chi connectivity index (χ1) is 8.06. The molecule has 0 unspecified atom stereocenters. The number of carboxylic acid groups (broad SMARTS) is 1. The second-order valence-corrected chi connectivity index (χ2v) is 4.87. The van der Waals surface area contributed by atoms with Crippen molar-refractivity contribution in [3.8, 4) is 0 Å². The molecule has 1 aromatic rings. The van der Waals surface area contributed by atoms with Crippen LogP contribution in [0.15, 0.2) is 17.0 Å². The Morgan fingerprint density at radius 1 is 1.53 bits per heavy atom. The van der Waals surface area contributed by atoms with E-state index in [0.717, 1.165) is 22.6 Å². The van der Waals surface area contributed by atoms with Crippen molar-refractivity contribution >= 4 is 23.4 Å². The average Bonchev–Trinajstić information content (AvgIpc) is 2.28. The molecule has 0 aromatic heterocycles. The molecule has 1 aromatic carbocycles. The highest BCUT2D eigenvalue weighted by atomic mass is 32.2. The molecule has 0 spiro atoms. The summed E-state index contributed by atoms with van der Waals surface area (Å²) in [6.07, 6.45) is 0.937. The van der Waals surface area contributed by atoms with E-state index in [1.807, 2.05) is 13.0 Å². The molecule has 17 heavy (non-hydrogen) atoms. The third-order valence-corrected chi connectivity index (χ3v) is 3.41. The Labute approximate surface area is 105 Å². The van der Waals surface area contributed by atoms with Crippen LogP contribution in [0.2, 0.25) is 0 Å². The number of nitrogens with two attached hydrogens (primary N) is 1. The molecule has 0 radical (unpaired) electrons. The van der Waals surface area contributed by atoms with Crippen LogP contribution in [0.1, 0.15) is 22.3 Å². The van der Waals surface area contributed by atoms with Crippen LogP contribution in [0.25, 0.3) is 0 Å². The van der Waals surface area contributed by atoms with Crippen LogP contribution in [0.5, 0.6) is 0 Å². The summed E-state index contributed by atoms with van der Waals surface area (Å²) in [5.74, 6) is -0.0825. The van der Waals surface area contributed by atoms with Crippen LogP contribution < -0.4 is 5.73 Å². The standard InChI is InChI=1S/C12H17NO3S/c1-8-6-9(17-5-3-4-16-2)7-10(11(8)13)12(14)15/h6-7H,3-5,13H2,1-2H3,(H,14,15).